The number of phosphoric ester groups is 1. The van der Waals surface area contributed by atoms with Crippen molar-refractivity contribution in [1.29, 1.82) is 0 Å². The maximum atomic E-state index is 11.8. The fourth-order valence-corrected chi connectivity index (χ4v) is 5.65. The largest absolute Gasteiger partial charge is 0.490 e. The molecule has 6 atom stereocenters. The van der Waals surface area contributed by atoms with Gasteiger partial charge < -0.3 is 51.7 Å². The van der Waals surface area contributed by atoms with Crippen LogP contribution in [0.5, 0.6) is 0 Å². The zero-order valence-electron chi connectivity index (χ0n) is 17.0. The molecule has 0 radical (unpaired) electrons. The molecule has 35 heavy (non-hydrogen) atoms. The Bertz CT molecular complexity index is 1200. The second-order valence-corrected chi connectivity index (χ2v) is 10.8. The molecule has 198 valence electrons. The van der Waals surface area contributed by atoms with E-state index in [4.69, 9.17) is 29.9 Å². The van der Waals surface area contributed by atoms with Crippen LogP contribution in [0.15, 0.2) is 12.7 Å². The van der Waals surface area contributed by atoms with Gasteiger partial charge in [0.05, 0.1) is 12.9 Å². The summed E-state index contributed by atoms with van der Waals surface area (Å²) in [5, 5.41) is 20.4. The lowest BCUT2D eigenvalue weighted by Gasteiger charge is -2.19. The van der Waals surface area contributed by atoms with Crippen molar-refractivity contribution >= 4 is 46.5 Å². The van der Waals surface area contributed by atoms with E-state index in [0.29, 0.717) is 0 Å². The molecule has 3 heterocycles. The second-order valence-electron chi connectivity index (χ2n) is 6.42. The summed E-state index contributed by atoms with van der Waals surface area (Å²) < 4.78 is 51.9. The van der Waals surface area contributed by atoms with Crippen molar-refractivity contribution in [1.82, 2.24) is 19.5 Å². The molecule has 3 rings (SSSR count). The van der Waals surface area contributed by atoms with Crippen LogP contribution < -0.4 is 17.2 Å². The summed E-state index contributed by atoms with van der Waals surface area (Å²) in [5.41, 5.74) is 14.5. The monoisotopic (exact) mass is 567 g/mol. The summed E-state index contributed by atoms with van der Waals surface area (Å²) in [5.74, 6) is 0.0426. The minimum atomic E-state index is -5.70. The van der Waals surface area contributed by atoms with E-state index >= 15 is 0 Å². The molecule has 0 saturated carbocycles. The summed E-state index contributed by atoms with van der Waals surface area (Å²) in [6.07, 6.45) is -3.69. The SMILES string of the molecule is NC(N)=O.Nc1ncnc2c1ncn2[C@@H]1O[C@H](COP(=O)(O)OP(=O)(O)OP(=O)(O)O)[C@@H](O)[C@H]1O. The van der Waals surface area contributed by atoms with Crippen molar-refractivity contribution in [2.75, 3.05) is 12.3 Å². The first-order valence-electron chi connectivity index (χ1n) is 8.70. The molecule has 0 aliphatic carbocycles. The van der Waals surface area contributed by atoms with Gasteiger partial charge in [-0.2, -0.15) is 8.62 Å². The number of aliphatic hydroxyl groups excluding tert-OH is 2. The number of nitrogens with zero attached hydrogens (tertiary/aromatic N) is 4. The molecule has 1 fully saturated rings. The number of nitrogen functional groups attached to an aromatic ring is 1. The van der Waals surface area contributed by atoms with E-state index < -0.39 is 60.6 Å². The predicted molar refractivity (Wildman–Crippen MR) is 109 cm³/mol. The maximum Gasteiger partial charge on any atom is 0.490 e. The lowest BCUT2D eigenvalue weighted by atomic mass is 10.1. The number of amides is 2. The number of aliphatic hydroxyl groups is 2. The maximum absolute atomic E-state index is 11.8. The Balaban J connectivity index is 0.00000100. The predicted octanol–water partition coefficient (Wildman–Crippen LogP) is -2.61. The fourth-order valence-electron chi connectivity index (χ4n) is 2.62. The summed E-state index contributed by atoms with van der Waals surface area (Å²) >= 11 is 0. The van der Waals surface area contributed by atoms with Gasteiger partial charge in [0, 0.05) is 0 Å². The van der Waals surface area contributed by atoms with Gasteiger partial charge >= 0.3 is 29.5 Å². The van der Waals surface area contributed by atoms with Crippen LogP contribution in [0.2, 0.25) is 0 Å². The zero-order valence-corrected chi connectivity index (χ0v) is 19.7. The number of phosphoric acid groups is 3. The number of imidazole rings is 1. The van der Waals surface area contributed by atoms with E-state index in [-0.39, 0.29) is 17.0 Å². The van der Waals surface area contributed by atoms with Gasteiger partial charge in [0.15, 0.2) is 17.7 Å². The Morgan fingerprint density at radius 3 is 2.20 bits per heavy atom. The molecule has 0 aromatic carbocycles. The Morgan fingerprint density at radius 1 is 1.03 bits per heavy atom. The van der Waals surface area contributed by atoms with Crippen molar-refractivity contribution in [3.05, 3.63) is 12.7 Å². The number of aromatic nitrogens is 4. The van der Waals surface area contributed by atoms with Crippen LogP contribution in [-0.4, -0.2) is 80.3 Å². The highest BCUT2D eigenvalue weighted by atomic mass is 31.3. The van der Waals surface area contributed by atoms with Crippen LogP contribution in [0.3, 0.4) is 0 Å². The van der Waals surface area contributed by atoms with E-state index in [0.717, 1.165) is 6.33 Å². The highest BCUT2D eigenvalue weighted by molar-refractivity contribution is 7.66. The van der Waals surface area contributed by atoms with Gasteiger partial charge in [0.25, 0.3) is 0 Å². The summed E-state index contributed by atoms with van der Waals surface area (Å²) in [6.45, 7) is -0.956. The Hall–Kier alpha value is -2.09. The molecule has 12 N–H and O–H groups in total. The van der Waals surface area contributed by atoms with Crippen molar-refractivity contribution in [3.8, 4) is 0 Å². The van der Waals surface area contributed by atoms with Crippen LogP contribution in [0, 0.1) is 0 Å². The number of fused-ring (bicyclic) bond motifs is 1. The summed E-state index contributed by atoms with van der Waals surface area (Å²) in [6, 6.07) is -0.833. The summed E-state index contributed by atoms with van der Waals surface area (Å²) in [4.78, 5) is 56.2. The van der Waals surface area contributed by atoms with E-state index in [1.54, 1.807) is 0 Å². The first-order chi connectivity index (χ1) is 15.9. The number of primary amides is 2. The van der Waals surface area contributed by atoms with Crippen LogP contribution >= 0.6 is 23.5 Å². The highest BCUT2D eigenvalue weighted by Crippen LogP contribution is 2.66. The molecular formula is C11H20N7O14P3. The second kappa shape index (κ2) is 10.9. The minimum Gasteiger partial charge on any atom is -0.387 e. The van der Waals surface area contributed by atoms with Gasteiger partial charge in [-0.15, -0.1) is 0 Å². The van der Waals surface area contributed by atoms with Crippen LogP contribution in [0.1, 0.15) is 6.23 Å². The summed E-state index contributed by atoms with van der Waals surface area (Å²) in [7, 11) is -16.7. The number of anilines is 1. The molecule has 2 unspecified atom stereocenters. The lowest BCUT2D eigenvalue weighted by molar-refractivity contribution is -0.0503. The first-order valence-corrected chi connectivity index (χ1v) is 13.2. The first kappa shape index (κ1) is 29.1. The van der Waals surface area contributed by atoms with Crippen molar-refractivity contribution in [2.24, 2.45) is 11.5 Å². The van der Waals surface area contributed by atoms with E-state index in [1.807, 2.05) is 0 Å². The molecule has 2 aromatic rings. The molecular weight excluding hydrogens is 547 g/mol. The number of rotatable bonds is 8. The van der Waals surface area contributed by atoms with E-state index in [2.05, 4.69) is 39.6 Å². The quantitative estimate of drug-likeness (QED) is 0.147. The third-order valence-electron chi connectivity index (χ3n) is 3.82. The Kier molecular flexibility index (Phi) is 9.07. The Morgan fingerprint density at radius 2 is 1.63 bits per heavy atom. The standard InChI is InChI=1S/C10H16N5O13P3.CH4N2O/c11-8-5-9(13-2-12-8)15(3-14-5)10-7(17)6(16)4(26-10)1-25-30(21,22)28-31(23,24)27-29(18,19)20;2-1(3)4/h2-4,6-7,10,16-17H,1H2,(H,21,22)(H,23,24)(H2,11,12,13)(H2,18,19,20);(H4,2,3,4)/t4-,6-,7-,10-;/m1./s1. The van der Waals surface area contributed by atoms with Crippen molar-refractivity contribution in [3.63, 3.8) is 0 Å². The molecule has 0 bridgehead atoms. The molecule has 1 aliphatic rings. The van der Waals surface area contributed by atoms with Crippen LogP contribution in [0.25, 0.3) is 11.2 Å². The number of carbonyl (C=O) groups excluding carboxylic acids is 1. The van der Waals surface area contributed by atoms with Crippen LogP contribution in [0.4, 0.5) is 10.6 Å². The number of nitrogens with two attached hydrogens (primary N) is 3. The number of urea groups is 1. The normalized spacial score (nSPS) is 25.9. The molecule has 1 aliphatic heterocycles. The smallest absolute Gasteiger partial charge is 0.387 e. The third-order valence-corrected chi connectivity index (χ3v) is 7.62. The van der Waals surface area contributed by atoms with Crippen LogP contribution in [-0.2, 0) is 31.6 Å². The average molecular weight is 567 g/mol. The molecule has 1 saturated heterocycles. The number of carbonyl (C=O) groups is 1. The Labute approximate surface area is 193 Å². The molecule has 2 aromatic heterocycles. The van der Waals surface area contributed by atoms with Crippen molar-refractivity contribution < 1.29 is 66.2 Å². The van der Waals surface area contributed by atoms with E-state index in [1.165, 1.54) is 10.9 Å². The van der Waals surface area contributed by atoms with E-state index in [9.17, 15) is 28.8 Å². The number of hydrogen-bond donors (Lipinski definition) is 9. The highest BCUT2D eigenvalue weighted by Gasteiger charge is 2.47. The molecule has 21 nitrogen and oxygen atoms in total. The van der Waals surface area contributed by atoms with Gasteiger partial charge in [-0.05, 0) is 0 Å². The average Bonchev–Trinajstić information content (AvgIpc) is 3.20. The van der Waals surface area contributed by atoms with Crippen molar-refractivity contribution in [2.45, 2.75) is 24.5 Å². The number of hydrogen-bond acceptors (Lipinski definition) is 14. The molecule has 2 amide bonds. The molecule has 0 spiro atoms. The van der Waals surface area contributed by atoms with Gasteiger partial charge in [0.2, 0.25) is 0 Å². The van der Waals surface area contributed by atoms with Gasteiger partial charge in [-0.25, -0.2) is 33.4 Å². The fraction of sp³-hybridized carbons (Fsp3) is 0.455. The van der Waals surface area contributed by atoms with Gasteiger partial charge in [-0.3, -0.25) is 9.09 Å². The number of ether oxygens (including phenoxy) is 1. The van der Waals surface area contributed by atoms with Gasteiger partial charge in [-0.1, -0.05) is 0 Å². The lowest BCUT2D eigenvalue weighted by Crippen LogP contribution is -2.33. The topological polar surface area (TPSA) is 348 Å². The molecule has 24 heteroatoms. The zero-order chi connectivity index (χ0) is 26.8. The third kappa shape index (κ3) is 8.23. The van der Waals surface area contributed by atoms with Gasteiger partial charge in [0.1, 0.15) is 30.2 Å². The minimum absolute atomic E-state index is 0.0426.